The van der Waals surface area contributed by atoms with Crippen molar-refractivity contribution in [3.63, 3.8) is 0 Å². The summed E-state index contributed by atoms with van der Waals surface area (Å²) in [5, 5.41) is 15.9. The third kappa shape index (κ3) is 6.89. The van der Waals surface area contributed by atoms with E-state index in [4.69, 9.17) is 9.72 Å². The van der Waals surface area contributed by atoms with Crippen LogP contribution in [0.4, 0.5) is 5.82 Å². The molecule has 2 atom stereocenters. The molecule has 1 aromatic heterocycles. The average molecular weight is 522 g/mol. The maximum atomic E-state index is 13.0. The van der Waals surface area contributed by atoms with Crippen molar-refractivity contribution in [2.75, 3.05) is 44.6 Å². The predicted molar refractivity (Wildman–Crippen MR) is 145 cm³/mol. The highest BCUT2D eigenvalue weighted by Gasteiger charge is 2.34. The second kappa shape index (κ2) is 12.7. The van der Waals surface area contributed by atoms with Crippen molar-refractivity contribution >= 4 is 17.7 Å². The van der Waals surface area contributed by atoms with Gasteiger partial charge in [0.1, 0.15) is 11.9 Å². The number of carboxylic acids is 1. The van der Waals surface area contributed by atoms with Crippen LogP contribution in [0, 0.1) is 0 Å². The molecule has 2 fully saturated rings. The summed E-state index contributed by atoms with van der Waals surface area (Å²) in [6.07, 6.45) is 5.26. The molecule has 9 heteroatoms. The lowest BCUT2D eigenvalue weighted by Gasteiger charge is -2.39. The Balaban J connectivity index is 1.01. The number of nitrogens with one attached hydrogen (secondary N) is 2. The summed E-state index contributed by atoms with van der Waals surface area (Å²) in [7, 11) is 0. The van der Waals surface area contributed by atoms with Gasteiger partial charge in [-0.3, -0.25) is 14.6 Å². The monoisotopic (exact) mass is 521 g/mol. The number of ether oxygens (including phenoxy) is 1. The number of carboxylic acid groups (broad SMARTS) is 1. The highest BCUT2D eigenvalue weighted by atomic mass is 16.5. The lowest BCUT2D eigenvalue weighted by atomic mass is 10.1. The molecule has 0 unspecified atom stereocenters. The van der Waals surface area contributed by atoms with E-state index in [1.54, 1.807) is 0 Å². The summed E-state index contributed by atoms with van der Waals surface area (Å²) in [6.45, 7) is 5.34. The molecule has 3 N–H and O–H groups in total. The molecule has 0 aliphatic carbocycles. The first kappa shape index (κ1) is 26.6. The van der Waals surface area contributed by atoms with Crippen LogP contribution in [0.1, 0.15) is 42.5 Å². The maximum Gasteiger partial charge on any atom is 0.326 e. The van der Waals surface area contributed by atoms with E-state index in [0.29, 0.717) is 26.1 Å². The summed E-state index contributed by atoms with van der Waals surface area (Å²) in [5.41, 5.74) is 3.49. The zero-order valence-electron chi connectivity index (χ0n) is 22.0. The van der Waals surface area contributed by atoms with Gasteiger partial charge in [-0.15, -0.1) is 0 Å². The van der Waals surface area contributed by atoms with Crippen molar-refractivity contribution < 1.29 is 19.4 Å². The van der Waals surface area contributed by atoms with Crippen molar-refractivity contribution in [1.29, 1.82) is 0 Å². The Morgan fingerprint density at radius 1 is 1.16 bits per heavy atom. The van der Waals surface area contributed by atoms with E-state index in [9.17, 15) is 14.7 Å². The number of aryl methyl sites for hydroxylation is 1. The Morgan fingerprint density at radius 3 is 2.82 bits per heavy atom. The van der Waals surface area contributed by atoms with E-state index >= 15 is 0 Å². The van der Waals surface area contributed by atoms with Gasteiger partial charge >= 0.3 is 5.97 Å². The van der Waals surface area contributed by atoms with Crippen LogP contribution in [0.3, 0.4) is 0 Å². The van der Waals surface area contributed by atoms with Crippen LogP contribution in [-0.2, 0) is 33.7 Å². The average Bonchev–Trinajstić information content (AvgIpc) is 3.37. The quantitative estimate of drug-likeness (QED) is 0.391. The number of hydrogen-bond acceptors (Lipinski definition) is 7. The number of aromatic nitrogens is 1. The summed E-state index contributed by atoms with van der Waals surface area (Å²) in [5.74, 6) is -0.145. The topological polar surface area (TPSA) is 107 Å². The fraction of sp³-hybridized carbons (Fsp3) is 0.552. The van der Waals surface area contributed by atoms with Gasteiger partial charge in [0, 0.05) is 44.8 Å². The number of rotatable bonds is 12. The molecule has 204 valence electrons. The molecule has 1 aromatic carbocycles. The summed E-state index contributed by atoms with van der Waals surface area (Å²) in [4.78, 5) is 33.9. The number of pyridine rings is 1. The van der Waals surface area contributed by atoms with Gasteiger partial charge in [-0.2, -0.15) is 0 Å². The Morgan fingerprint density at radius 2 is 2.00 bits per heavy atom. The Hall–Kier alpha value is -3.01. The van der Waals surface area contributed by atoms with Gasteiger partial charge in [-0.1, -0.05) is 36.4 Å². The molecular weight excluding hydrogens is 482 g/mol. The molecule has 3 aliphatic rings. The minimum Gasteiger partial charge on any atom is -0.480 e. The van der Waals surface area contributed by atoms with Crippen LogP contribution >= 0.6 is 0 Å². The molecule has 2 saturated heterocycles. The zero-order valence-corrected chi connectivity index (χ0v) is 22.0. The number of nitrogens with zero attached hydrogens (tertiary/aromatic N) is 3. The summed E-state index contributed by atoms with van der Waals surface area (Å²) in [6, 6.07) is 13.2. The summed E-state index contributed by atoms with van der Waals surface area (Å²) < 4.78 is 6.01. The number of carbonyl (C=O) groups is 2. The van der Waals surface area contributed by atoms with Crippen molar-refractivity contribution in [1.82, 2.24) is 20.1 Å². The number of aliphatic carboxylic acids is 1. The van der Waals surface area contributed by atoms with Gasteiger partial charge in [0.25, 0.3) is 0 Å². The minimum atomic E-state index is -0.980. The Kier molecular flexibility index (Phi) is 8.88. The minimum absolute atomic E-state index is 0.161. The first-order chi connectivity index (χ1) is 18.5. The van der Waals surface area contributed by atoms with Crippen LogP contribution in [0.15, 0.2) is 42.5 Å². The first-order valence-electron chi connectivity index (χ1n) is 13.9. The lowest BCUT2D eigenvalue weighted by Crippen LogP contribution is -2.55. The second-order valence-corrected chi connectivity index (χ2v) is 10.6. The van der Waals surface area contributed by atoms with Crippen LogP contribution < -0.4 is 10.6 Å². The lowest BCUT2D eigenvalue weighted by molar-refractivity contribution is -0.143. The standard InChI is InChI=1S/C29H39N5O4/c35-28(26-9-5-15-34(26)18-21-6-2-1-3-7-21)32-25(29(36)37)12-16-33-19-24(20-33)38-17-13-23-11-10-22-8-4-14-30-27(22)31-23/h1-3,6-7,10-11,24-26H,4-5,8-9,12-20H2,(H,30,31)(H,32,35)(H,36,37)/t25-,26-/m0/s1. The van der Waals surface area contributed by atoms with Crippen LogP contribution in [0.2, 0.25) is 0 Å². The van der Waals surface area contributed by atoms with E-state index in [2.05, 4.69) is 44.7 Å². The molecule has 5 rings (SSSR count). The molecule has 4 heterocycles. The van der Waals surface area contributed by atoms with Gasteiger partial charge < -0.3 is 20.5 Å². The molecular formula is C29H39N5O4. The van der Waals surface area contributed by atoms with E-state index < -0.39 is 12.0 Å². The third-order valence-electron chi connectivity index (χ3n) is 7.83. The van der Waals surface area contributed by atoms with Crippen molar-refractivity contribution in [2.24, 2.45) is 0 Å². The SMILES string of the molecule is O=C(O)[C@H](CCN1CC(OCCc2ccc3c(n2)NCCC3)C1)NC(=O)[C@@H]1CCCN1Cc1ccccc1. The van der Waals surface area contributed by atoms with E-state index in [1.165, 1.54) is 5.56 Å². The summed E-state index contributed by atoms with van der Waals surface area (Å²) >= 11 is 0. The smallest absolute Gasteiger partial charge is 0.326 e. The van der Waals surface area contributed by atoms with Gasteiger partial charge in [0.15, 0.2) is 0 Å². The number of anilines is 1. The number of fused-ring (bicyclic) bond motifs is 1. The Bertz CT molecular complexity index is 1090. The third-order valence-corrected chi connectivity index (χ3v) is 7.83. The molecule has 9 nitrogen and oxygen atoms in total. The van der Waals surface area contributed by atoms with Gasteiger partial charge in [-0.05, 0) is 55.8 Å². The largest absolute Gasteiger partial charge is 0.480 e. The molecule has 0 bridgehead atoms. The number of hydrogen-bond donors (Lipinski definition) is 3. The fourth-order valence-corrected chi connectivity index (χ4v) is 5.62. The molecule has 38 heavy (non-hydrogen) atoms. The van der Waals surface area contributed by atoms with Crippen molar-refractivity contribution in [3.8, 4) is 0 Å². The van der Waals surface area contributed by atoms with Crippen LogP contribution in [0.25, 0.3) is 0 Å². The van der Waals surface area contributed by atoms with Gasteiger partial charge in [0.05, 0.1) is 18.8 Å². The maximum absolute atomic E-state index is 13.0. The molecule has 3 aliphatic heterocycles. The van der Waals surface area contributed by atoms with Crippen LogP contribution in [-0.4, -0.2) is 89.3 Å². The molecule has 1 amide bonds. The number of likely N-dealkylation sites (tertiary alicyclic amines) is 2. The highest BCUT2D eigenvalue weighted by Crippen LogP contribution is 2.22. The van der Waals surface area contributed by atoms with E-state index in [0.717, 1.165) is 75.4 Å². The fourth-order valence-electron chi connectivity index (χ4n) is 5.62. The molecule has 0 saturated carbocycles. The Labute approximate surface area is 224 Å². The number of benzene rings is 1. The predicted octanol–water partition coefficient (Wildman–Crippen LogP) is 2.31. The normalized spacial score (nSPS) is 20.8. The molecule has 0 radical (unpaired) electrons. The molecule has 2 aromatic rings. The van der Waals surface area contributed by atoms with Crippen LogP contribution in [0.5, 0.6) is 0 Å². The highest BCUT2D eigenvalue weighted by molar-refractivity contribution is 5.87. The second-order valence-electron chi connectivity index (χ2n) is 10.6. The number of carbonyl (C=O) groups excluding carboxylic acids is 1. The van der Waals surface area contributed by atoms with Gasteiger partial charge in [-0.25, -0.2) is 9.78 Å². The number of amides is 1. The van der Waals surface area contributed by atoms with Gasteiger partial charge in [0.2, 0.25) is 5.91 Å². The van der Waals surface area contributed by atoms with Crippen molar-refractivity contribution in [2.45, 2.75) is 63.3 Å². The molecule has 0 spiro atoms. The van der Waals surface area contributed by atoms with E-state index in [-0.39, 0.29) is 18.1 Å². The first-order valence-corrected chi connectivity index (χ1v) is 13.9. The van der Waals surface area contributed by atoms with Crippen molar-refractivity contribution in [3.05, 3.63) is 59.3 Å². The zero-order chi connectivity index (χ0) is 26.3. The van der Waals surface area contributed by atoms with E-state index in [1.807, 2.05) is 18.2 Å².